The van der Waals surface area contributed by atoms with Crippen molar-refractivity contribution in [2.45, 2.75) is 13.0 Å². The Morgan fingerprint density at radius 3 is 2.89 bits per heavy atom. The molecule has 0 radical (unpaired) electrons. The Balaban J connectivity index is 2.09. The van der Waals surface area contributed by atoms with Crippen LogP contribution in [-0.4, -0.2) is 28.2 Å². The molecule has 2 rings (SSSR count). The summed E-state index contributed by atoms with van der Waals surface area (Å²) in [6.45, 7) is 1.89. The first kappa shape index (κ1) is 13.5. The van der Waals surface area contributed by atoms with Crippen LogP contribution >= 0.6 is 15.9 Å². The van der Waals surface area contributed by atoms with Gasteiger partial charge in [-0.25, -0.2) is 4.98 Å². The number of aromatic nitrogens is 3. The zero-order valence-corrected chi connectivity index (χ0v) is 12.1. The van der Waals surface area contributed by atoms with Crippen molar-refractivity contribution >= 4 is 21.8 Å². The molecule has 1 atom stereocenters. The fourth-order valence-corrected chi connectivity index (χ4v) is 2.17. The first-order chi connectivity index (χ1) is 9.11. The number of methoxy groups -OCH3 is 1. The summed E-state index contributed by atoms with van der Waals surface area (Å²) >= 11 is 3.41. The highest BCUT2D eigenvalue weighted by Gasteiger charge is 2.14. The monoisotopic (exact) mass is 324 g/mol. The van der Waals surface area contributed by atoms with E-state index in [0.29, 0.717) is 0 Å². The summed E-state index contributed by atoms with van der Waals surface area (Å²) in [7, 11) is 1.61. The quantitative estimate of drug-likeness (QED) is 0.902. The van der Waals surface area contributed by atoms with E-state index in [1.165, 1.54) is 6.33 Å². The van der Waals surface area contributed by atoms with E-state index in [1.807, 2.05) is 25.1 Å². The number of benzene rings is 1. The Morgan fingerprint density at radius 2 is 2.32 bits per heavy atom. The lowest BCUT2D eigenvalue weighted by Gasteiger charge is -2.14. The Morgan fingerprint density at radius 1 is 1.53 bits per heavy atom. The second kappa shape index (κ2) is 5.83. The summed E-state index contributed by atoms with van der Waals surface area (Å²) in [5, 5.41) is 8.99. The standard InChI is InChI=1S/C12H13BrN4O2/c1-7(16-12(18)11-14-6-15-17-11)8-3-4-10(19-2)9(13)5-8/h3-7H,1-2H3,(H,16,18)(H,14,15,17). The third-order valence-corrected chi connectivity index (χ3v) is 3.27. The van der Waals surface area contributed by atoms with Crippen molar-refractivity contribution in [3.05, 3.63) is 40.4 Å². The summed E-state index contributed by atoms with van der Waals surface area (Å²) in [6, 6.07) is 5.50. The predicted molar refractivity (Wildman–Crippen MR) is 73.0 cm³/mol. The van der Waals surface area contributed by atoms with Crippen LogP contribution < -0.4 is 10.1 Å². The van der Waals surface area contributed by atoms with E-state index in [4.69, 9.17) is 4.74 Å². The molecule has 2 N–H and O–H groups in total. The number of hydrogen-bond acceptors (Lipinski definition) is 4. The summed E-state index contributed by atoms with van der Waals surface area (Å²) in [4.78, 5) is 15.6. The number of amides is 1. The third-order valence-electron chi connectivity index (χ3n) is 2.65. The highest BCUT2D eigenvalue weighted by Crippen LogP contribution is 2.27. The molecule has 0 aliphatic carbocycles. The number of hydrogen-bond donors (Lipinski definition) is 2. The molecule has 1 aromatic heterocycles. The Hall–Kier alpha value is -1.89. The molecule has 100 valence electrons. The fraction of sp³-hybridized carbons (Fsp3) is 0.250. The molecule has 19 heavy (non-hydrogen) atoms. The third kappa shape index (κ3) is 3.11. The first-order valence-corrected chi connectivity index (χ1v) is 6.40. The summed E-state index contributed by atoms with van der Waals surface area (Å²) in [6.07, 6.45) is 1.30. The molecule has 6 nitrogen and oxygen atoms in total. The van der Waals surface area contributed by atoms with Gasteiger partial charge in [-0.05, 0) is 40.5 Å². The Bertz CT molecular complexity index is 571. The normalized spacial score (nSPS) is 11.9. The van der Waals surface area contributed by atoms with Crippen molar-refractivity contribution in [2.75, 3.05) is 7.11 Å². The SMILES string of the molecule is COc1ccc(C(C)NC(=O)c2ncn[nH]2)cc1Br. The van der Waals surface area contributed by atoms with Crippen molar-refractivity contribution < 1.29 is 9.53 Å². The van der Waals surface area contributed by atoms with Crippen molar-refractivity contribution in [3.63, 3.8) is 0 Å². The maximum Gasteiger partial charge on any atom is 0.289 e. The summed E-state index contributed by atoms with van der Waals surface area (Å²) < 4.78 is 6.00. The molecule has 1 heterocycles. The molecule has 7 heteroatoms. The molecule has 2 aromatic rings. The topological polar surface area (TPSA) is 79.9 Å². The average molecular weight is 325 g/mol. The van der Waals surface area contributed by atoms with E-state index in [1.54, 1.807) is 7.11 Å². The zero-order valence-electron chi connectivity index (χ0n) is 10.5. The van der Waals surface area contributed by atoms with E-state index in [-0.39, 0.29) is 17.8 Å². The number of ether oxygens (including phenoxy) is 1. The van der Waals surface area contributed by atoms with Gasteiger partial charge in [0.05, 0.1) is 17.6 Å². The van der Waals surface area contributed by atoms with Gasteiger partial charge in [0.15, 0.2) is 0 Å². The van der Waals surface area contributed by atoms with Crippen LogP contribution in [-0.2, 0) is 0 Å². The van der Waals surface area contributed by atoms with Gasteiger partial charge in [0.1, 0.15) is 12.1 Å². The van der Waals surface area contributed by atoms with Crippen LogP contribution in [0.25, 0.3) is 0 Å². The van der Waals surface area contributed by atoms with Gasteiger partial charge < -0.3 is 10.1 Å². The van der Waals surface area contributed by atoms with Gasteiger partial charge in [0.25, 0.3) is 5.91 Å². The van der Waals surface area contributed by atoms with Crippen LogP contribution in [0.5, 0.6) is 5.75 Å². The molecule has 0 aliphatic rings. The molecule has 0 fully saturated rings. The van der Waals surface area contributed by atoms with Gasteiger partial charge in [-0.1, -0.05) is 6.07 Å². The number of carbonyl (C=O) groups excluding carboxylic acids is 1. The second-order valence-electron chi connectivity index (χ2n) is 3.92. The minimum absolute atomic E-state index is 0.153. The second-order valence-corrected chi connectivity index (χ2v) is 4.78. The smallest absolute Gasteiger partial charge is 0.289 e. The summed E-state index contributed by atoms with van der Waals surface area (Å²) in [5.41, 5.74) is 0.959. The predicted octanol–water partition coefficient (Wildman–Crippen LogP) is 2.07. The molecular weight excluding hydrogens is 312 g/mol. The van der Waals surface area contributed by atoms with Crippen LogP contribution in [0.4, 0.5) is 0 Å². The van der Waals surface area contributed by atoms with Crippen LogP contribution in [0.1, 0.15) is 29.1 Å². The number of nitrogens with one attached hydrogen (secondary N) is 2. The van der Waals surface area contributed by atoms with Gasteiger partial charge in [0.2, 0.25) is 5.82 Å². The van der Waals surface area contributed by atoms with E-state index < -0.39 is 0 Å². The van der Waals surface area contributed by atoms with E-state index in [0.717, 1.165) is 15.8 Å². The van der Waals surface area contributed by atoms with Crippen LogP contribution in [0.3, 0.4) is 0 Å². The molecule has 1 aromatic carbocycles. The van der Waals surface area contributed by atoms with Crippen molar-refractivity contribution in [3.8, 4) is 5.75 Å². The van der Waals surface area contributed by atoms with E-state index in [9.17, 15) is 4.79 Å². The highest BCUT2D eigenvalue weighted by molar-refractivity contribution is 9.10. The molecule has 0 bridgehead atoms. The minimum atomic E-state index is -0.294. The lowest BCUT2D eigenvalue weighted by atomic mass is 10.1. The molecule has 1 amide bonds. The van der Waals surface area contributed by atoms with Crippen molar-refractivity contribution in [2.24, 2.45) is 0 Å². The molecule has 0 aliphatic heterocycles. The van der Waals surface area contributed by atoms with Gasteiger partial charge in [-0.2, -0.15) is 5.10 Å². The Kier molecular flexibility index (Phi) is 4.16. The zero-order chi connectivity index (χ0) is 13.8. The van der Waals surface area contributed by atoms with Crippen molar-refractivity contribution in [1.29, 1.82) is 0 Å². The molecule has 1 unspecified atom stereocenters. The summed E-state index contributed by atoms with van der Waals surface area (Å²) in [5.74, 6) is 0.647. The van der Waals surface area contributed by atoms with Gasteiger partial charge in [-0.3, -0.25) is 9.89 Å². The van der Waals surface area contributed by atoms with Crippen LogP contribution in [0.2, 0.25) is 0 Å². The molecule has 0 saturated heterocycles. The van der Waals surface area contributed by atoms with Gasteiger partial charge in [-0.15, -0.1) is 0 Å². The maximum atomic E-state index is 11.8. The average Bonchev–Trinajstić information content (AvgIpc) is 2.92. The fourth-order valence-electron chi connectivity index (χ4n) is 1.62. The number of halogens is 1. The van der Waals surface area contributed by atoms with E-state index in [2.05, 4.69) is 36.4 Å². The number of H-pyrrole nitrogens is 1. The maximum absolute atomic E-state index is 11.8. The van der Waals surface area contributed by atoms with Crippen LogP contribution in [0, 0.1) is 0 Å². The lowest BCUT2D eigenvalue weighted by molar-refractivity contribution is 0.0930. The number of rotatable bonds is 4. The number of carbonyl (C=O) groups is 1. The van der Waals surface area contributed by atoms with Crippen LogP contribution in [0.15, 0.2) is 29.0 Å². The Labute approximate surface area is 118 Å². The van der Waals surface area contributed by atoms with Crippen molar-refractivity contribution in [1.82, 2.24) is 20.5 Å². The molecule has 0 saturated carbocycles. The molecular formula is C12H13BrN4O2. The van der Waals surface area contributed by atoms with Gasteiger partial charge in [0, 0.05) is 0 Å². The lowest BCUT2D eigenvalue weighted by Crippen LogP contribution is -2.27. The largest absolute Gasteiger partial charge is 0.496 e. The first-order valence-electron chi connectivity index (χ1n) is 5.61. The minimum Gasteiger partial charge on any atom is -0.496 e. The highest BCUT2D eigenvalue weighted by atomic mass is 79.9. The number of nitrogens with zero attached hydrogens (tertiary/aromatic N) is 2. The molecule has 0 spiro atoms. The van der Waals surface area contributed by atoms with E-state index >= 15 is 0 Å². The van der Waals surface area contributed by atoms with Gasteiger partial charge >= 0.3 is 0 Å². The number of aromatic amines is 1.